The molecular weight excluding hydrogens is 160 g/mol. The molecule has 0 unspecified atom stereocenters. The molecule has 1 rings (SSSR count). The standard InChI is InChI=1S/C11H20N2/c1-10(2)7-8-13(9-12)11-5-3-4-6-11/h10-11H,3-8H2,1-2H3. The van der Waals surface area contributed by atoms with Crippen molar-refractivity contribution in [2.75, 3.05) is 6.54 Å². The summed E-state index contributed by atoms with van der Waals surface area (Å²) in [6.07, 6.45) is 8.55. The summed E-state index contributed by atoms with van der Waals surface area (Å²) in [5, 5.41) is 8.98. The van der Waals surface area contributed by atoms with Crippen molar-refractivity contribution in [3.8, 4) is 6.19 Å². The number of rotatable bonds is 4. The van der Waals surface area contributed by atoms with Crippen LogP contribution < -0.4 is 0 Å². The fourth-order valence-corrected chi connectivity index (χ4v) is 1.93. The average Bonchev–Trinajstić information content (AvgIpc) is 2.58. The van der Waals surface area contributed by atoms with Crippen molar-refractivity contribution in [3.63, 3.8) is 0 Å². The molecule has 0 bridgehead atoms. The number of hydrogen-bond acceptors (Lipinski definition) is 2. The lowest BCUT2D eigenvalue weighted by Crippen LogP contribution is -2.30. The van der Waals surface area contributed by atoms with Gasteiger partial charge in [0, 0.05) is 12.6 Å². The van der Waals surface area contributed by atoms with Gasteiger partial charge in [-0.05, 0) is 25.2 Å². The molecule has 0 radical (unpaired) electrons. The second kappa shape index (κ2) is 5.11. The van der Waals surface area contributed by atoms with Gasteiger partial charge in [-0.2, -0.15) is 5.26 Å². The van der Waals surface area contributed by atoms with Gasteiger partial charge < -0.3 is 4.90 Å². The smallest absolute Gasteiger partial charge is 0.179 e. The lowest BCUT2D eigenvalue weighted by molar-refractivity contribution is 0.276. The van der Waals surface area contributed by atoms with E-state index in [0.717, 1.165) is 13.0 Å². The zero-order chi connectivity index (χ0) is 9.68. The quantitative estimate of drug-likeness (QED) is 0.491. The first-order valence-corrected chi connectivity index (χ1v) is 5.40. The monoisotopic (exact) mass is 180 g/mol. The molecule has 0 aromatic carbocycles. The highest BCUT2D eigenvalue weighted by atomic mass is 15.1. The maximum absolute atomic E-state index is 8.98. The third-order valence-corrected chi connectivity index (χ3v) is 2.84. The summed E-state index contributed by atoms with van der Waals surface area (Å²) in [4.78, 5) is 1.99. The van der Waals surface area contributed by atoms with Gasteiger partial charge >= 0.3 is 0 Å². The Morgan fingerprint density at radius 3 is 2.46 bits per heavy atom. The molecule has 0 amide bonds. The van der Waals surface area contributed by atoms with Gasteiger partial charge in [0.2, 0.25) is 0 Å². The van der Waals surface area contributed by atoms with Gasteiger partial charge in [0.25, 0.3) is 0 Å². The highest BCUT2D eigenvalue weighted by molar-refractivity contribution is 4.85. The van der Waals surface area contributed by atoms with Gasteiger partial charge in [-0.1, -0.05) is 26.7 Å². The van der Waals surface area contributed by atoms with Crippen molar-refractivity contribution in [2.45, 2.75) is 52.0 Å². The van der Waals surface area contributed by atoms with E-state index in [-0.39, 0.29) is 0 Å². The Balaban J connectivity index is 2.30. The molecule has 0 atom stereocenters. The highest BCUT2D eigenvalue weighted by Gasteiger charge is 2.21. The molecule has 2 nitrogen and oxygen atoms in total. The number of nitriles is 1. The number of hydrogen-bond donors (Lipinski definition) is 0. The van der Waals surface area contributed by atoms with Crippen molar-refractivity contribution >= 4 is 0 Å². The van der Waals surface area contributed by atoms with Crippen LogP contribution in [0.1, 0.15) is 46.0 Å². The van der Waals surface area contributed by atoms with Gasteiger partial charge in [0.05, 0.1) is 0 Å². The van der Waals surface area contributed by atoms with Gasteiger partial charge in [-0.25, -0.2) is 0 Å². The first kappa shape index (κ1) is 10.4. The molecule has 0 saturated heterocycles. The average molecular weight is 180 g/mol. The van der Waals surface area contributed by atoms with Crippen LogP contribution in [0.4, 0.5) is 0 Å². The van der Waals surface area contributed by atoms with Crippen LogP contribution in [-0.4, -0.2) is 17.5 Å². The summed E-state index contributed by atoms with van der Waals surface area (Å²) in [7, 11) is 0. The molecule has 0 aromatic rings. The van der Waals surface area contributed by atoms with Crippen LogP contribution in [0.3, 0.4) is 0 Å². The Morgan fingerprint density at radius 1 is 1.38 bits per heavy atom. The predicted octanol–water partition coefficient (Wildman–Crippen LogP) is 2.76. The van der Waals surface area contributed by atoms with Gasteiger partial charge in [-0.15, -0.1) is 0 Å². The number of nitrogens with zero attached hydrogens (tertiary/aromatic N) is 2. The molecule has 0 aliphatic heterocycles. The van der Waals surface area contributed by atoms with E-state index in [1.807, 2.05) is 4.90 Å². The van der Waals surface area contributed by atoms with E-state index in [0.29, 0.717) is 12.0 Å². The van der Waals surface area contributed by atoms with Crippen LogP contribution in [0, 0.1) is 17.4 Å². The molecule has 0 N–H and O–H groups in total. The fourth-order valence-electron chi connectivity index (χ4n) is 1.93. The van der Waals surface area contributed by atoms with E-state index < -0.39 is 0 Å². The summed E-state index contributed by atoms with van der Waals surface area (Å²) >= 11 is 0. The van der Waals surface area contributed by atoms with E-state index in [1.165, 1.54) is 25.7 Å². The first-order chi connectivity index (χ1) is 6.24. The summed E-state index contributed by atoms with van der Waals surface area (Å²) < 4.78 is 0. The molecule has 1 saturated carbocycles. The molecule has 0 heterocycles. The second-order valence-corrected chi connectivity index (χ2v) is 4.41. The molecule has 0 aromatic heterocycles. The lowest BCUT2D eigenvalue weighted by Gasteiger charge is -2.23. The van der Waals surface area contributed by atoms with E-state index in [1.54, 1.807) is 0 Å². The van der Waals surface area contributed by atoms with Crippen LogP contribution in [-0.2, 0) is 0 Å². The second-order valence-electron chi connectivity index (χ2n) is 4.41. The maximum atomic E-state index is 8.98. The van der Waals surface area contributed by atoms with Crippen molar-refractivity contribution in [1.29, 1.82) is 5.26 Å². The van der Waals surface area contributed by atoms with Crippen LogP contribution >= 0.6 is 0 Å². The van der Waals surface area contributed by atoms with Gasteiger partial charge in [-0.3, -0.25) is 0 Å². The van der Waals surface area contributed by atoms with Crippen LogP contribution in [0.5, 0.6) is 0 Å². The largest absolute Gasteiger partial charge is 0.308 e. The fraction of sp³-hybridized carbons (Fsp3) is 0.909. The summed E-state index contributed by atoms with van der Waals surface area (Å²) in [6, 6.07) is 0.559. The predicted molar refractivity (Wildman–Crippen MR) is 54.0 cm³/mol. The minimum Gasteiger partial charge on any atom is -0.308 e. The normalized spacial score (nSPS) is 17.7. The SMILES string of the molecule is CC(C)CCN(C#N)C1CCCC1. The Kier molecular flexibility index (Phi) is 4.08. The van der Waals surface area contributed by atoms with E-state index in [4.69, 9.17) is 5.26 Å². The van der Waals surface area contributed by atoms with Crippen molar-refractivity contribution in [2.24, 2.45) is 5.92 Å². The third-order valence-electron chi connectivity index (χ3n) is 2.84. The molecule has 2 heteroatoms. The topological polar surface area (TPSA) is 27.0 Å². The summed E-state index contributed by atoms with van der Waals surface area (Å²) in [5.41, 5.74) is 0. The third kappa shape index (κ3) is 3.26. The molecule has 1 aliphatic carbocycles. The molecular formula is C11H20N2. The summed E-state index contributed by atoms with van der Waals surface area (Å²) in [5.74, 6) is 0.706. The van der Waals surface area contributed by atoms with Crippen LogP contribution in [0.2, 0.25) is 0 Å². The Hall–Kier alpha value is -0.710. The van der Waals surface area contributed by atoms with Crippen LogP contribution in [0.15, 0.2) is 0 Å². The zero-order valence-corrected chi connectivity index (χ0v) is 8.79. The van der Waals surface area contributed by atoms with Crippen molar-refractivity contribution in [3.05, 3.63) is 0 Å². The molecule has 74 valence electrons. The van der Waals surface area contributed by atoms with E-state index in [9.17, 15) is 0 Å². The van der Waals surface area contributed by atoms with E-state index >= 15 is 0 Å². The highest BCUT2D eigenvalue weighted by Crippen LogP contribution is 2.23. The minimum atomic E-state index is 0.559. The van der Waals surface area contributed by atoms with Crippen molar-refractivity contribution < 1.29 is 0 Å². The van der Waals surface area contributed by atoms with Gasteiger partial charge in [0.15, 0.2) is 6.19 Å². The Bertz CT molecular complexity index is 175. The Labute approximate surface area is 81.5 Å². The zero-order valence-electron chi connectivity index (χ0n) is 8.79. The molecule has 1 fully saturated rings. The maximum Gasteiger partial charge on any atom is 0.179 e. The Morgan fingerprint density at radius 2 is 2.00 bits per heavy atom. The van der Waals surface area contributed by atoms with Gasteiger partial charge in [0.1, 0.15) is 0 Å². The van der Waals surface area contributed by atoms with Crippen LogP contribution in [0.25, 0.3) is 0 Å². The first-order valence-electron chi connectivity index (χ1n) is 5.40. The minimum absolute atomic E-state index is 0.559. The molecule has 1 aliphatic rings. The molecule has 13 heavy (non-hydrogen) atoms. The lowest BCUT2D eigenvalue weighted by atomic mass is 10.1. The summed E-state index contributed by atoms with van der Waals surface area (Å²) in [6.45, 7) is 5.38. The van der Waals surface area contributed by atoms with Crippen molar-refractivity contribution in [1.82, 2.24) is 4.90 Å². The molecule has 0 spiro atoms. The van der Waals surface area contributed by atoms with E-state index in [2.05, 4.69) is 20.0 Å².